The van der Waals surface area contributed by atoms with Gasteiger partial charge in [0, 0.05) is 18.2 Å². The molecule has 158 valence electrons. The molecule has 3 aromatic carbocycles. The van der Waals surface area contributed by atoms with Crippen LogP contribution in [0, 0.1) is 6.92 Å². The van der Waals surface area contributed by atoms with E-state index in [9.17, 15) is 14.4 Å². The monoisotopic (exact) mass is 425 g/mol. The third-order valence-corrected chi connectivity index (χ3v) is 5.61. The highest BCUT2D eigenvalue weighted by Crippen LogP contribution is 2.34. The van der Waals surface area contributed by atoms with E-state index in [0.29, 0.717) is 33.5 Å². The Kier molecular flexibility index (Phi) is 4.82. The topological polar surface area (TPSA) is 85.6 Å². The summed E-state index contributed by atoms with van der Waals surface area (Å²) in [4.78, 5) is 38.0. The number of rotatable bonds is 3. The number of hydrogen-bond donors (Lipinski definition) is 1. The van der Waals surface area contributed by atoms with Crippen LogP contribution in [0.2, 0.25) is 0 Å². The van der Waals surface area contributed by atoms with E-state index in [1.165, 1.54) is 6.07 Å². The number of carbonyl (C=O) groups is 2. The number of esters is 1. The van der Waals surface area contributed by atoms with Crippen LogP contribution in [-0.4, -0.2) is 11.9 Å². The fourth-order valence-electron chi connectivity index (χ4n) is 4.10. The van der Waals surface area contributed by atoms with Crippen LogP contribution in [-0.2, 0) is 9.59 Å². The number of carbonyl (C=O) groups excluding carboxylic acids is 2. The third kappa shape index (κ3) is 3.46. The first-order valence-corrected chi connectivity index (χ1v) is 10.2. The number of para-hydroxylation sites is 1. The fourth-order valence-corrected chi connectivity index (χ4v) is 4.10. The van der Waals surface area contributed by atoms with Gasteiger partial charge >= 0.3 is 5.97 Å². The molecule has 0 bridgehead atoms. The standard InChI is InChI=1S/C26H19NO5/c1-15-24(16-7-3-2-4-8-16)25(29)19-12-11-17(13-22(19)31-15)32-26(30)20-14-23(28)27-21-10-6-5-9-18(20)21/h2-13,20H,14H2,1H3,(H,27,28). The SMILES string of the molecule is Cc1oc2cc(OC(=O)C3CC(=O)Nc4ccccc43)ccc2c(=O)c1-c1ccccc1. The number of ether oxygens (including phenoxy) is 1. The van der Waals surface area contributed by atoms with Crippen molar-refractivity contribution in [2.24, 2.45) is 0 Å². The van der Waals surface area contributed by atoms with E-state index < -0.39 is 11.9 Å². The fraction of sp³-hybridized carbons (Fsp3) is 0.115. The van der Waals surface area contributed by atoms with Crippen molar-refractivity contribution < 1.29 is 18.7 Å². The largest absolute Gasteiger partial charge is 0.460 e. The maximum absolute atomic E-state index is 13.1. The first kappa shape index (κ1) is 19.8. The molecule has 32 heavy (non-hydrogen) atoms. The molecule has 0 saturated heterocycles. The summed E-state index contributed by atoms with van der Waals surface area (Å²) in [6.07, 6.45) is 0.0120. The third-order valence-electron chi connectivity index (χ3n) is 5.61. The lowest BCUT2D eigenvalue weighted by atomic mass is 9.91. The van der Waals surface area contributed by atoms with Gasteiger partial charge in [0.1, 0.15) is 17.1 Å². The van der Waals surface area contributed by atoms with Crippen LogP contribution < -0.4 is 15.5 Å². The van der Waals surface area contributed by atoms with Crippen LogP contribution >= 0.6 is 0 Å². The van der Waals surface area contributed by atoms with Gasteiger partial charge < -0.3 is 14.5 Å². The second-order valence-corrected chi connectivity index (χ2v) is 7.70. The normalized spacial score (nSPS) is 15.2. The molecule has 5 rings (SSSR count). The highest BCUT2D eigenvalue weighted by Gasteiger charge is 2.32. The van der Waals surface area contributed by atoms with Crippen molar-refractivity contribution in [1.82, 2.24) is 0 Å². The van der Waals surface area contributed by atoms with Crippen molar-refractivity contribution in [3.63, 3.8) is 0 Å². The lowest BCUT2D eigenvalue weighted by molar-refractivity contribution is -0.138. The summed E-state index contributed by atoms with van der Waals surface area (Å²) in [5.41, 5.74) is 2.80. The Hall–Kier alpha value is -4.19. The molecule has 2 heterocycles. The minimum absolute atomic E-state index is 0.0120. The van der Waals surface area contributed by atoms with E-state index in [4.69, 9.17) is 9.15 Å². The number of anilines is 1. The Labute approximate surface area is 183 Å². The van der Waals surface area contributed by atoms with E-state index in [1.54, 1.807) is 37.3 Å². The molecule has 6 heteroatoms. The Morgan fingerprint density at radius 1 is 1.00 bits per heavy atom. The summed E-state index contributed by atoms with van der Waals surface area (Å²) in [6.45, 7) is 1.74. The number of nitrogens with one attached hydrogen (secondary N) is 1. The van der Waals surface area contributed by atoms with Gasteiger partial charge in [0.15, 0.2) is 0 Å². The maximum atomic E-state index is 13.1. The number of benzene rings is 3. The zero-order valence-electron chi connectivity index (χ0n) is 17.3. The smallest absolute Gasteiger partial charge is 0.319 e. The summed E-state index contributed by atoms with van der Waals surface area (Å²) in [5.74, 6) is -0.744. The molecule has 1 aliphatic heterocycles. The van der Waals surface area contributed by atoms with E-state index in [0.717, 1.165) is 5.56 Å². The van der Waals surface area contributed by atoms with Crippen LogP contribution in [0.25, 0.3) is 22.1 Å². The van der Waals surface area contributed by atoms with Crippen LogP contribution in [0.5, 0.6) is 5.75 Å². The minimum atomic E-state index is -0.704. The van der Waals surface area contributed by atoms with Crippen LogP contribution in [0.3, 0.4) is 0 Å². The highest BCUT2D eigenvalue weighted by atomic mass is 16.5. The first-order valence-electron chi connectivity index (χ1n) is 10.2. The van der Waals surface area contributed by atoms with Crippen molar-refractivity contribution in [2.45, 2.75) is 19.3 Å². The van der Waals surface area contributed by atoms with Gasteiger partial charge in [-0.05, 0) is 36.2 Å². The molecule has 0 aliphatic carbocycles. The van der Waals surface area contributed by atoms with Gasteiger partial charge in [-0.15, -0.1) is 0 Å². The average Bonchev–Trinajstić information content (AvgIpc) is 2.79. The molecule has 0 saturated carbocycles. The molecule has 0 spiro atoms. The van der Waals surface area contributed by atoms with Gasteiger partial charge in [-0.3, -0.25) is 14.4 Å². The van der Waals surface area contributed by atoms with Crippen LogP contribution in [0.4, 0.5) is 5.69 Å². The lowest BCUT2D eigenvalue weighted by Crippen LogP contribution is -2.29. The molecule has 1 aliphatic rings. The maximum Gasteiger partial charge on any atom is 0.319 e. The van der Waals surface area contributed by atoms with Gasteiger partial charge in [0.05, 0.1) is 16.9 Å². The molecule has 0 fully saturated rings. The highest BCUT2D eigenvalue weighted by molar-refractivity contribution is 6.00. The molecule has 1 amide bonds. The predicted octanol–water partition coefficient (Wildman–Crippen LogP) is 4.80. The van der Waals surface area contributed by atoms with Crippen molar-refractivity contribution >= 4 is 28.5 Å². The molecular formula is C26H19NO5. The van der Waals surface area contributed by atoms with E-state index in [1.807, 2.05) is 36.4 Å². The molecular weight excluding hydrogens is 406 g/mol. The van der Waals surface area contributed by atoms with Crippen molar-refractivity contribution in [3.8, 4) is 16.9 Å². The van der Waals surface area contributed by atoms with Gasteiger partial charge in [-0.1, -0.05) is 48.5 Å². The number of amides is 1. The van der Waals surface area contributed by atoms with E-state index in [2.05, 4.69) is 5.32 Å². The quantitative estimate of drug-likeness (QED) is 0.376. The average molecular weight is 425 g/mol. The van der Waals surface area contributed by atoms with Gasteiger partial charge in [-0.25, -0.2) is 0 Å². The van der Waals surface area contributed by atoms with Crippen molar-refractivity contribution in [3.05, 3.63) is 94.3 Å². The molecule has 6 nitrogen and oxygen atoms in total. The van der Waals surface area contributed by atoms with Gasteiger partial charge in [0.2, 0.25) is 11.3 Å². The molecule has 1 atom stereocenters. The van der Waals surface area contributed by atoms with E-state index >= 15 is 0 Å². The zero-order valence-corrected chi connectivity index (χ0v) is 17.3. The van der Waals surface area contributed by atoms with Crippen molar-refractivity contribution in [1.29, 1.82) is 0 Å². The summed E-state index contributed by atoms with van der Waals surface area (Å²) >= 11 is 0. The zero-order chi connectivity index (χ0) is 22.2. The molecule has 1 N–H and O–H groups in total. The summed E-state index contributed by atoms with van der Waals surface area (Å²) in [7, 11) is 0. The molecule has 4 aromatic rings. The second-order valence-electron chi connectivity index (χ2n) is 7.70. The molecule has 1 aromatic heterocycles. The Balaban J connectivity index is 1.48. The van der Waals surface area contributed by atoms with Crippen LogP contribution in [0.1, 0.15) is 23.7 Å². The predicted molar refractivity (Wildman–Crippen MR) is 121 cm³/mol. The molecule has 0 radical (unpaired) electrons. The number of aryl methyl sites for hydroxylation is 1. The molecule has 1 unspecified atom stereocenters. The number of fused-ring (bicyclic) bond motifs is 2. The summed E-state index contributed by atoms with van der Waals surface area (Å²) < 4.78 is 11.5. The first-order chi connectivity index (χ1) is 15.5. The lowest BCUT2D eigenvalue weighted by Gasteiger charge is -2.24. The number of hydrogen-bond acceptors (Lipinski definition) is 5. The Morgan fingerprint density at radius 3 is 2.56 bits per heavy atom. The van der Waals surface area contributed by atoms with E-state index in [-0.39, 0.29) is 23.5 Å². The van der Waals surface area contributed by atoms with Crippen LogP contribution in [0.15, 0.2) is 82.0 Å². The summed E-state index contributed by atoms with van der Waals surface area (Å²) in [6, 6.07) is 21.2. The van der Waals surface area contributed by atoms with Gasteiger partial charge in [0.25, 0.3) is 0 Å². The second kappa shape index (κ2) is 7.81. The minimum Gasteiger partial charge on any atom is -0.460 e. The Morgan fingerprint density at radius 2 is 1.75 bits per heavy atom. The van der Waals surface area contributed by atoms with Gasteiger partial charge in [-0.2, -0.15) is 0 Å². The Bertz CT molecular complexity index is 1420. The summed E-state index contributed by atoms with van der Waals surface area (Å²) in [5, 5.41) is 3.17. The van der Waals surface area contributed by atoms with Crippen molar-refractivity contribution in [2.75, 3.05) is 5.32 Å².